The molecule has 0 fully saturated rings. The Kier molecular flexibility index (Phi) is 4.69. The lowest BCUT2D eigenvalue weighted by atomic mass is 10.1. The molecule has 0 saturated heterocycles. The molecule has 0 spiro atoms. The average Bonchev–Trinajstić information content (AvgIpc) is 2.24. The molecular weight excluding hydrogens is 218 g/mol. The maximum atomic E-state index is 11.5. The summed E-state index contributed by atoms with van der Waals surface area (Å²) >= 11 is 0. The lowest BCUT2D eigenvalue weighted by Crippen LogP contribution is -2.20. The molecule has 0 aliphatic rings. The van der Waals surface area contributed by atoms with E-state index in [2.05, 4.69) is 5.32 Å². The number of anilines is 1. The van der Waals surface area contributed by atoms with E-state index in [-0.39, 0.29) is 24.9 Å². The first-order chi connectivity index (χ1) is 8.01. The van der Waals surface area contributed by atoms with Crippen molar-refractivity contribution >= 4 is 17.6 Å². The van der Waals surface area contributed by atoms with Crippen molar-refractivity contribution in [1.82, 2.24) is 0 Å². The molecule has 92 valence electrons. The van der Waals surface area contributed by atoms with Gasteiger partial charge in [0.1, 0.15) is 0 Å². The second-order valence-corrected chi connectivity index (χ2v) is 3.94. The molecule has 4 nitrogen and oxygen atoms in total. The zero-order valence-corrected chi connectivity index (χ0v) is 10.4. The number of hydrogen-bond acceptors (Lipinski definition) is 3. The SMILES string of the molecule is CCC(=O)OCC(=O)Nc1cc(C)cc(C)c1. The van der Waals surface area contributed by atoms with E-state index in [1.165, 1.54) is 0 Å². The van der Waals surface area contributed by atoms with Crippen molar-refractivity contribution in [3.05, 3.63) is 29.3 Å². The zero-order chi connectivity index (χ0) is 12.8. The molecule has 4 heteroatoms. The summed E-state index contributed by atoms with van der Waals surface area (Å²) in [5.41, 5.74) is 2.87. The number of ether oxygens (including phenoxy) is 1. The largest absolute Gasteiger partial charge is 0.456 e. The third kappa shape index (κ3) is 4.68. The molecule has 1 rings (SSSR count). The second-order valence-electron chi connectivity index (χ2n) is 3.94. The monoisotopic (exact) mass is 235 g/mol. The Bertz CT molecular complexity index is 406. The average molecular weight is 235 g/mol. The molecule has 1 aromatic carbocycles. The Balaban J connectivity index is 2.53. The quantitative estimate of drug-likeness (QED) is 0.814. The van der Waals surface area contributed by atoms with Crippen LogP contribution < -0.4 is 5.32 Å². The van der Waals surface area contributed by atoms with Crippen LogP contribution in [-0.4, -0.2) is 18.5 Å². The molecule has 1 aromatic rings. The van der Waals surface area contributed by atoms with E-state index in [0.29, 0.717) is 0 Å². The lowest BCUT2D eigenvalue weighted by molar-refractivity contribution is -0.146. The molecular formula is C13H17NO3. The molecule has 0 saturated carbocycles. The highest BCUT2D eigenvalue weighted by atomic mass is 16.5. The van der Waals surface area contributed by atoms with E-state index in [1.807, 2.05) is 32.0 Å². The van der Waals surface area contributed by atoms with E-state index >= 15 is 0 Å². The van der Waals surface area contributed by atoms with Crippen LogP contribution in [0.3, 0.4) is 0 Å². The third-order valence-corrected chi connectivity index (χ3v) is 2.16. The highest BCUT2D eigenvalue weighted by Gasteiger charge is 2.06. The summed E-state index contributed by atoms with van der Waals surface area (Å²) in [6, 6.07) is 5.76. The van der Waals surface area contributed by atoms with Crippen LogP contribution >= 0.6 is 0 Å². The highest BCUT2D eigenvalue weighted by Crippen LogP contribution is 2.13. The van der Waals surface area contributed by atoms with E-state index < -0.39 is 0 Å². The first kappa shape index (κ1) is 13.2. The fourth-order valence-electron chi connectivity index (χ4n) is 1.49. The molecule has 0 unspecified atom stereocenters. The minimum absolute atomic E-state index is 0.236. The van der Waals surface area contributed by atoms with Gasteiger partial charge in [-0.05, 0) is 37.1 Å². The van der Waals surface area contributed by atoms with Crippen molar-refractivity contribution in [2.45, 2.75) is 27.2 Å². The molecule has 0 bridgehead atoms. The van der Waals surface area contributed by atoms with Gasteiger partial charge in [-0.1, -0.05) is 13.0 Å². The van der Waals surface area contributed by atoms with Crippen molar-refractivity contribution in [1.29, 1.82) is 0 Å². The number of hydrogen-bond donors (Lipinski definition) is 1. The number of esters is 1. The third-order valence-electron chi connectivity index (χ3n) is 2.16. The molecule has 0 radical (unpaired) electrons. The van der Waals surface area contributed by atoms with Gasteiger partial charge in [-0.25, -0.2) is 0 Å². The summed E-state index contributed by atoms with van der Waals surface area (Å²) in [7, 11) is 0. The predicted octanol–water partition coefficient (Wildman–Crippen LogP) is 2.20. The van der Waals surface area contributed by atoms with E-state index in [0.717, 1.165) is 16.8 Å². The van der Waals surface area contributed by atoms with Gasteiger partial charge in [-0.15, -0.1) is 0 Å². The first-order valence-corrected chi connectivity index (χ1v) is 5.55. The van der Waals surface area contributed by atoms with E-state index in [9.17, 15) is 9.59 Å². The van der Waals surface area contributed by atoms with Crippen molar-refractivity contribution in [3.8, 4) is 0 Å². The maximum absolute atomic E-state index is 11.5. The summed E-state index contributed by atoms with van der Waals surface area (Å²) in [4.78, 5) is 22.3. The van der Waals surface area contributed by atoms with Gasteiger partial charge in [-0.3, -0.25) is 9.59 Å². The molecule has 1 amide bonds. The number of nitrogens with one attached hydrogen (secondary N) is 1. The van der Waals surface area contributed by atoms with Gasteiger partial charge in [-0.2, -0.15) is 0 Å². The van der Waals surface area contributed by atoms with Gasteiger partial charge in [0.15, 0.2) is 6.61 Å². The van der Waals surface area contributed by atoms with Gasteiger partial charge < -0.3 is 10.1 Å². The van der Waals surface area contributed by atoms with Crippen LogP contribution in [0.25, 0.3) is 0 Å². The van der Waals surface area contributed by atoms with Gasteiger partial charge in [0.05, 0.1) is 0 Å². The number of benzene rings is 1. The summed E-state index contributed by atoms with van der Waals surface area (Å²) in [6.07, 6.45) is 0.275. The summed E-state index contributed by atoms with van der Waals surface area (Å²) in [5.74, 6) is -0.697. The molecule has 0 aromatic heterocycles. The Labute approximate surface area is 101 Å². The van der Waals surface area contributed by atoms with Crippen LogP contribution in [0.2, 0.25) is 0 Å². The fraction of sp³-hybridized carbons (Fsp3) is 0.385. The van der Waals surface area contributed by atoms with Gasteiger partial charge in [0.25, 0.3) is 5.91 Å². The van der Waals surface area contributed by atoms with Gasteiger partial charge in [0.2, 0.25) is 0 Å². The fourth-order valence-corrected chi connectivity index (χ4v) is 1.49. The van der Waals surface area contributed by atoms with E-state index in [1.54, 1.807) is 6.92 Å². The molecule has 17 heavy (non-hydrogen) atoms. The smallest absolute Gasteiger partial charge is 0.306 e. The number of carbonyl (C=O) groups is 2. The predicted molar refractivity (Wildman–Crippen MR) is 65.8 cm³/mol. The summed E-state index contributed by atoms with van der Waals surface area (Å²) in [5, 5.41) is 2.69. The van der Waals surface area contributed by atoms with Crippen LogP contribution in [0.15, 0.2) is 18.2 Å². The van der Waals surface area contributed by atoms with Crippen LogP contribution in [0.4, 0.5) is 5.69 Å². The van der Waals surface area contributed by atoms with E-state index in [4.69, 9.17) is 4.74 Å². The minimum atomic E-state index is -0.374. The molecule has 0 heterocycles. The molecule has 0 aliphatic heterocycles. The number of carbonyl (C=O) groups excluding carboxylic acids is 2. The Morgan fingerprint density at radius 3 is 2.29 bits per heavy atom. The van der Waals surface area contributed by atoms with Crippen LogP contribution in [-0.2, 0) is 14.3 Å². The molecule has 0 aliphatic carbocycles. The number of rotatable bonds is 4. The highest BCUT2D eigenvalue weighted by molar-refractivity contribution is 5.92. The summed E-state index contributed by atoms with van der Waals surface area (Å²) < 4.78 is 4.73. The Morgan fingerprint density at radius 2 is 1.76 bits per heavy atom. The zero-order valence-electron chi connectivity index (χ0n) is 10.4. The number of amides is 1. The van der Waals surface area contributed by atoms with Gasteiger partial charge in [0, 0.05) is 12.1 Å². The van der Waals surface area contributed by atoms with Crippen molar-refractivity contribution in [2.24, 2.45) is 0 Å². The van der Waals surface area contributed by atoms with Crippen molar-refractivity contribution in [3.63, 3.8) is 0 Å². The lowest BCUT2D eigenvalue weighted by Gasteiger charge is -2.07. The number of aryl methyl sites for hydroxylation is 2. The van der Waals surface area contributed by atoms with Crippen molar-refractivity contribution in [2.75, 3.05) is 11.9 Å². The normalized spacial score (nSPS) is 9.82. The van der Waals surface area contributed by atoms with Crippen LogP contribution in [0, 0.1) is 13.8 Å². The minimum Gasteiger partial charge on any atom is -0.456 e. The molecule has 0 atom stereocenters. The topological polar surface area (TPSA) is 55.4 Å². The standard InChI is InChI=1S/C13H17NO3/c1-4-13(16)17-8-12(15)14-11-6-9(2)5-10(3)7-11/h5-7H,4,8H2,1-3H3,(H,14,15). The van der Waals surface area contributed by atoms with Crippen molar-refractivity contribution < 1.29 is 14.3 Å². The molecule has 1 N–H and O–H groups in total. The van der Waals surface area contributed by atoms with Crippen LogP contribution in [0.5, 0.6) is 0 Å². The second kappa shape index (κ2) is 6.03. The maximum Gasteiger partial charge on any atom is 0.306 e. The first-order valence-electron chi connectivity index (χ1n) is 5.55. The Morgan fingerprint density at radius 1 is 1.18 bits per heavy atom. The van der Waals surface area contributed by atoms with Crippen LogP contribution in [0.1, 0.15) is 24.5 Å². The summed E-state index contributed by atoms with van der Waals surface area (Å²) in [6.45, 7) is 5.36. The van der Waals surface area contributed by atoms with Gasteiger partial charge >= 0.3 is 5.97 Å². The Hall–Kier alpha value is -1.84.